The van der Waals surface area contributed by atoms with Gasteiger partial charge in [0, 0.05) is 12.6 Å². The Hall–Kier alpha value is -1.57. The second kappa shape index (κ2) is 6.89. The third-order valence-corrected chi connectivity index (χ3v) is 2.60. The molecule has 0 radical (unpaired) electrons. The Labute approximate surface area is 104 Å². The first kappa shape index (κ1) is 13.5. The topological polar surface area (TPSA) is 29.1 Å². The van der Waals surface area contributed by atoms with Crippen LogP contribution < -0.4 is 5.32 Å². The van der Waals surface area contributed by atoms with Crippen LogP contribution in [-0.2, 0) is 4.79 Å². The van der Waals surface area contributed by atoms with Crippen molar-refractivity contribution in [2.45, 2.75) is 27.2 Å². The van der Waals surface area contributed by atoms with Crippen LogP contribution in [0.25, 0.3) is 5.57 Å². The van der Waals surface area contributed by atoms with E-state index in [1.54, 1.807) is 6.08 Å². The van der Waals surface area contributed by atoms with Crippen LogP contribution in [0.5, 0.6) is 0 Å². The first-order chi connectivity index (χ1) is 8.09. The molecule has 0 unspecified atom stereocenters. The fourth-order valence-corrected chi connectivity index (χ4v) is 1.52. The van der Waals surface area contributed by atoms with Crippen LogP contribution in [0.1, 0.15) is 32.8 Å². The standard InChI is InChI=1S/C15H21NO/c1-12(2)9-10-16-15(17)11-13(3)14-7-5-4-6-8-14/h4-8,11-12H,9-10H2,1-3H3,(H,16,17)/b13-11+. The maximum atomic E-state index is 11.6. The molecule has 0 atom stereocenters. The summed E-state index contributed by atoms with van der Waals surface area (Å²) in [5.74, 6) is 0.613. The number of carbonyl (C=O) groups is 1. The fourth-order valence-electron chi connectivity index (χ4n) is 1.52. The summed E-state index contributed by atoms with van der Waals surface area (Å²) in [5, 5.41) is 2.90. The van der Waals surface area contributed by atoms with Gasteiger partial charge in [-0.25, -0.2) is 0 Å². The second-order valence-electron chi connectivity index (χ2n) is 4.67. The molecule has 17 heavy (non-hydrogen) atoms. The number of nitrogens with one attached hydrogen (secondary N) is 1. The van der Waals surface area contributed by atoms with E-state index < -0.39 is 0 Å². The van der Waals surface area contributed by atoms with Gasteiger partial charge < -0.3 is 5.32 Å². The van der Waals surface area contributed by atoms with Gasteiger partial charge in [-0.05, 0) is 30.4 Å². The molecule has 0 aliphatic carbocycles. The van der Waals surface area contributed by atoms with Crippen LogP contribution >= 0.6 is 0 Å². The summed E-state index contributed by atoms with van der Waals surface area (Å²) in [7, 11) is 0. The maximum absolute atomic E-state index is 11.6. The Morgan fingerprint density at radius 2 is 1.94 bits per heavy atom. The van der Waals surface area contributed by atoms with Crippen molar-refractivity contribution in [2.75, 3.05) is 6.54 Å². The minimum absolute atomic E-state index is 0.00740. The molecule has 0 saturated heterocycles. The largest absolute Gasteiger partial charge is 0.353 e. The third kappa shape index (κ3) is 5.34. The Morgan fingerprint density at radius 3 is 2.53 bits per heavy atom. The maximum Gasteiger partial charge on any atom is 0.244 e. The second-order valence-corrected chi connectivity index (χ2v) is 4.67. The van der Waals surface area contributed by atoms with E-state index in [4.69, 9.17) is 0 Å². The Kier molecular flexibility index (Phi) is 5.47. The molecule has 0 spiro atoms. The summed E-state index contributed by atoms with van der Waals surface area (Å²) in [6.45, 7) is 7.00. The number of rotatable bonds is 5. The quantitative estimate of drug-likeness (QED) is 0.774. The monoisotopic (exact) mass is 231 g/mol. The minimum Gasteiger partial charge on any atom is -0.353 e. The molecule has 1 N–H and O–H groups in total. The van der Waals surface area contributed by atoms with Gasteiger partial charge in [-0.1, -0.05) is 44.2 Å². The van der Waals surface area contributed by atoms with Crippen LogP contribution in [0.15, 0.2) is 36.4 Å². The highest BCUT2D eigenvalue weighted by atomic mass is 16.1. The lowest BCUT2D eigenvalue weighted by atomic mass is 10.1. The zero-order valence-corrected chi connectivity index (χ0v) is 10.9. The molecule has 0 aromatic heterocycles. The summed E-state index contributed by atoms with van der Waals surface area (Å²) in [5.41, 5.74) is 2.08. The molecule has 1 aromatic carbocycles. The highest BCUT2D eigenvalue weighted by Crippen LogP contribution is 2.12. The summed E-state index contributed by atoms with van der Waals surface area (Å²) in [6, 6.07) is 9.94. The molecule has 0 bridgehead atoms. The van der Waals surface area contributed by atoms with Crippen molar-refractivity contribution < 1.29 is 4.79 Å². The number of benzene rings is 1. The number of carbonyl (C=O) groups excluding carboxylic acids is 1. The Balaban J connectivity index is 2.49. The molecule has 2 heteroatoms. The van der Waals surface area contributed by atoms with Crippen LogP contribution in [0.2, 0.25) is 0 Å². The number of hydrogen-bond donors (Lipinski definition) is 1. The van der Waals surface area contributed by atoms with Crippen molar-refractivity contribution in [3.8, 4) is 0 Å². The van der Waals surface area contributed by atoms with E-state index in [9.17, 15) is 4.79 Å². The van der Waals surface area contributed by atoms with Crippen molar-refractivity contribution in [3.05, 3.63) is 42.0 Å². The molecule has 0 saturated carbocycles. The fraction of sp³-hybridized carbons (Fsp3) is 0.400. The number of amides is 1. The lowest BCUT2D eigenvalue weighted by molar-refractivity contribution is -0.116. The predicted molar refractivity (Wildman–Crippen MR) is 72.6 cm³/mol. The summed E-state index contributed by atoms with van der Waals surface area (Å²) in [4.78, 5) is 11.6. The molecule has 0 heterocycles. The average Bonchev–Trinajstić information content (AvgIpc) is 2.29. The van der Waals surface area contributed by atoms with Crippen LogP contribution in [0, 0.1) is 5.92 Å². The van der Waals surface area contributed by atoms with E-state index in [0.29, 0.717) is 5.92 Å². The lowest BCUT2D eigenvalue weighted by Crippen LogP contribution is -2.23. The molecule has 0 aliphatic rings. The van der Waals surface area contributed by atoms with Crippen LogP contribution in [-0.4, -0.2) is 12.5 Å². The Bertz CT molecular complexity index is 379. The normalized spacial score (nSPS) is 11.6. The van der Waals surface area contributed by atoms with E-state index >= 15 is 0 Å². The average molecular weight is 231 g/mol. The summed E-state index contributed by atoms with van der Waals surface area (Å²) in [6.07, 6.45) is 2.68. The molecular formula is C15H21NO. The highest BCUT2D eigenvalue weighted by molar-refractivity contribution is 5.94. The zero-order valence-electron chi connectivity index (χ0n) is 10.9. The summed E-state index contributed by atoms with van der Waals surface area (Å²) < 4.78 is 0. The van der Waals surface area contributed by atoms with E-state index in [0.717, 1.165) is 24.1 Å². The van der Waals surface area contributed by atoms with Gasteiger partial charge >= 0.3 is 0 Å². The molecule has 92 valence electrons. The van der Waals surface area contributed by atoms with Crippen molar-refractivity contribution in [2.24, 2.45) is 5.92 Å². The third-order valence-electron chi connectivity index (χ3n) is 2.60. The molecule has 1 rings (SSSR count). The first-order valence-electron chi connectivity index (χ1n) is 6.11. The zero-order chi connectivity index (χ0) is 12.7. The van der Waals surface area contributed by atoms with Gasteiger partial charge in [-0.15, -0.1) is 0 Å². The van der Waals surface area contributed by atoms with E-state index in [1.165, 1.54) is 0 Å². The molecule has 0 aliphatic heterocycles. The van der Waals surface area contributed by atoms with Crippen LogP contribution in [0.4, 0.5) is 0 Å². The van der Waals surface area contributed by atoms with Gasteiger partial charge in [0.25, 0.3) is 0 Å². The number of allylic oxidation sites excluding steroid dienone is 1. The SMILES string of the molecule is C/C(=C\C(=O)NCCC(C)C)c1ccccc1. The highest BCUT2D eigenvalue weighted by Gasteiger charge is 2.00. The molecule has 2 nitrogen and oxygen atoms in total. The van der Waals surface area contributed by atoms with Crippen molar-refractivity contribution in [1.29, 1.82) is 0 Å². The van der Waals surface area contributed by atoms with Crippen LogP contribution in [0.3, 0.4) is 0 Å². The molecular weight excluding hydrogens is 210 g/mol. The van der Waals surface area contributed by atoms with Gasteiger partial charge in [0.15, 0.2) is 0 Å². The lowest BCUT2D eigenvalue weighted by Gasteiger charge is -2.06. The minimum atomic E-state index is -0.00740. The van der Waals surface area contributed by atoms with Gasteiger partial charge in [0.1, 0.15) is 0 Å². The van der Waals surface area contributed by atoms with Gasteiger partial charge in [-0.2, -0.15) is 0 Å². The Morgan fingerprint density at radius 1 is 1.29 bits per heavy atom. The van der Waals surface area contributed by atoms with Crippen molar-refractivity contribution in [1.82, 2.24) is 5.32 Å². The predicted octanol–water partition coefficient (Wildman–Crippen LogP) is 3.25. The molecule has 1 amide bonds. The van der Waals surface area contributed by atoms with E-state index in [-0.39, 0.29) is 5.91 Å². The van der Waals surface area contributed by atoms with Crippen molar-refractivity contribution >= 4 is 11.5 Å². The number of hydrogen-bond acceptors (Lipinski definition) is 1. The van der Waals surface area contributed by atoms with Gasteiger partial charge in [0.2, 0.25) is 5.91 Å². The first-order valence-corrected chi connectivity index (χ1v) is 6.11. The van der Waals surface area contributed by atoms with Gasteiger partial charge in [-0.3, -0.25) is 4.79 Å². The van der Waals surface area contributed by atoms with Crippen molar-refractivity contribution in [3.63, 3.8) is 0 Å². The smallest absolute Gasteiger partial charge is 0.244 e. The van der Waals surface area contributed by atoms with E-state index in [2.05, 4.69) is 19.2 Å². The molecule has 0 fully saturated rings. The van der Waals surface area contributed by atoms with Gasteiger partial charge in [0.05, 0.1) is 0 Å². The molecule has 1 aromatic rings. The van der Waals surface area contributed by atoms with E-state index in [1.807, 2.05) is 37.3 Å². The summed E-state index contributed by atoms with van der Waals surface area (Å²) >= 11 is 0.